The number of carbonyl (C=O) groups excluding carboxylic acids is 2. The first-order valence-corrected chi connectivity index (χ1v) is 8.72. The molecule has 0 aliphatic heterocycles. The maximum Gasteiger partial charge on any atom is 0.262 e. The molecule has 142 valence electrons. The van der Waals surface area contributed by atoms with Gasteiger partial charge in [-0.2, -0.15) is 0 Å². The minimum absolute atomic E-state index is 0.147. The van der Waals surface area contributed by atoms with Crippen molar-refractivity contribution in [3.05, 3.63) is 84.4 Å². The average molecular weight is 376 g/mol. The van der Waals surface area contributed by atoms with Crippen LogP contribution in [0, 0.1) is 0 Å². The Bertz CT molecular complexity index is 940. The predicted octanol–water partition coefficient (Wildman–Crippen LogP) is 3.86. The number of hydrogen-bond acceptors (Lipinski definition) is 4. The van der Waals surface area contributed by atoms with Gasteiger partial charge in [0, 0.05) is 24.4 Å². The Labute approximate surface area is 163 Å². The van der Waals surface area contributed by atoms with Crippen LogP contribution in [0.2, 0.25) is 0 Å². The lowest BCUT2D eigenvalue weighted by molar-refractivity contribution is -0.118. The number of para-hydroxylation sites is 1. The molecule has 0 aromatic heterocycles. The third-order valence-electron chi connectivity index (χ3n) is 3.81. The molecule has 3 aromatic rings. The molecule has 0 bridgehead atoms. The van der Waals surface area contributed by atoms with Gasteiger partial charge in [0.15, 0.2) is 6.61 Å². The maximum absolute atomic E-state index is 12.1. The van der Waals surface area contributed by atoms with Gasteiger partial charge in [-0.3, -0.25) is 9.59 Å². The van der Waals surface area contributed by atoms with Crippen LogP contribution in [0.4, 0.5) is 5.69 Å². The lowest BCUT2D eigenvalue weighted by atomic mass is 10.2. The number of nitrogens with one attached hydrogen (secondary N) is 2. The van der Waals surface area contributed by atoms with E-state index in [9.17, 15) is 9.59 Å². The highest BCUT2D eigenvalue weighted by molar-refractivity contribution is 5.95. The van der Waals surface area contributed by atoms with E-state index in [4.69, 9.17) is 9.47 Å². The fraction of sp³-hybridized carbons (Fsp3) is 0.0909. The topological polar surface area (TPSA) is 76.7 Å². The number of rotatable bonds is 7. The highest BCUT2D eigenvalue weighted by atomic mass is 16.5. The molecule has 0 atom stereocenters. The molecule has 6 heteroatoms. The second kappa shape index (κ2) is 9.23. The number of amides is 2. The quantitative estimate of drug-likeness (QED) is 0.657. The average Bonchev–Trinajstić information content (AvgIpc) is 2.73. The van der Waals surface area contributed by atoms with Crippen LogP contribution in [0.25, 0.3) is 0 Å². The summed E-state index contributed by atoms with van der Waals surface area (Å²) in [7, 11) is 1.56. The first-order valence-electron chi connectivity index (χ1n) is 8.72. The Morgan fingerprint density at radius 2 is 1.50 bits per heavy atom. The van der Waals surface area contributed by atoms with E-state index in [-0.39, 0.29) is 18.4 Å². The first-order chi connectivity index (χ1) is 13.6. The molecule has 0 aliphatic carbocycles. The summed E-state index contributed by atoms with van der Waals surface area (Å²) in [6.45, 7) is -0.147. The van der Waals surface area contributed by atoms with Crippen molar-refractivity contribution in [2.24, 2.45) is 0 Å². The summed E-state index contributed by atoms with van der Waals surface area (Å²) in [6, 6.07) is 23.1. The van der Waals surface area contributed by atoms with Crippen molar-refractivity contribution in [1.29, 1.82) is 0 Å². The van der Waals surface area contributed by atoms with Gasteiger partial charge < -0.3 is 20.1 Å². The molecule has 0 unspecified atom stereocenters. The molecule has 6 nitrogen and oxygen atoms in total. The van der Waals surface area contributed by atoms with Crippen molar-refractivity contribution in [3.8, 4) is 17.2 Å². The fourth-order valence-corrected chi connectivity index (χ4v) is 2.45. The lowest BCUT2D eigenvalue weighted by Gasteiger charge is -2.10. The van der Waals surface area contributed by atoms with Gasteiger partial charge in [0.2, 0.25) is 0 Å². The second-order valence-corrected chi connectivity index (χ2v) is 5.88. The predicted molar refractivity (Wildman–Crippen MR) is 107 cm³/mol. The Morgan fingerprint density at radius 1 is 0.821 bits per heavy atom. The summed E-state index contributed by atoms with van der Waals surface area (Å²) in [5.41, 5.74) is 1.11. The van der Waals surface area contributed by atoms with Crippen molar-refractivity contribution < 1.29 is 19.1 Å². The summed E-state index contributed by atoms with van der Waals surface area (Å²) in [4.78, 5) is 23.6. The number of hydrogen-bond donors (Lipinski definition) is 2. The normalized spacial score (nSPS) is 10.0. The van der Waals surface area contributed by atoms with Gasteiger partial charge >= 0.3 is 0 Å². The van der Waals surface area contributed by atoms with E-state index >= 15 is 0 Å². The molecule has 3 rings (SSSR count). The Kier molecular flexibility index (Phi) is 6.25. The molecule has 0 saturated heterocycles. The molecule has 2 amide bonds. The van der Waals surface area contributed by atoms with Crippen molar-refractivity contribution in [3.63, 3.8) is 0 Å². The van der Waals surface area contributed by atoms with Crippen LogP contribution < -0.4 is 20.1 Å². The molecule has 0 radical (unpaired) electrons. The summed E-state index contributed by atoms with van der Waals surface area (Å²) in [5, 5.41) is 5.27. The molecule has 0 fully saturated rings. The van der Waals surface area contributed by atoms with E-state index in [1.165, 1.54) is 0 Å². The highest BCUT2D eigenvalue weighted by Gasteiger charge is 2.07. The Hall–Kier alpha value is -3.80. The zero-order valence-electron chi connectivity index (χ0n) is 15.3. The minimum atomic E-state index is -0.304. The summed E-state index contributed by atoms with van der Waals surface area (Å²) in [5.74, 6) is 1.38. The molecular weight excluding hydrogens is 356 g/mol. The molecule has 0 spiro atoms. The summed E-state index contributed by atoms with van der Waals surface area (Å²) >= 11 is 0. The van der Waals surface area contributed by atoms with Gasteiger partial charge in [0.1, 0.15) is 17.2 Å². The van der Waals surface area contributed by atoms with Crippen LogP contribution in [0.15, 0.2) is 78.9 Å². The van der Waals surface area contributed by atoms with Crippen LogP contribution in [0.1, 0.15) is 10.4 Å². The van der Waals surface area contributed by atoms with E-state index in [0.29, 0.717) is 22.7 Å². The third kappa shape index (κ3) is 5.35. The molecule has 3 aromatic carbocycles. The standard InChI is InChI=1S/C22H20N2O4/c1-23-22(26)16-10-12-17(13-11-16)24-21(25)15-27-19-8-5-9-20(14-19)28-18-6-3-2-4-7-18/h2-14H,15H2,1H3,(H,23,26)(H,24,25). The third-order valence-corrected chi connectivity index (χ3v) is 3.81. The largest absolute Gasteiger partial charge is 0.484 e. The zero-order valence-corrected chi connectivity index (χ0v) is 15.3. The molecule has 28 heavy (non-hydrogen) atoms. The lowest BCUT2D eigenvalue weighted by Crippen LogP contribution is -2.20. The van der Waals surface area contributed by atoms with Gasteiger partial charge in [0.25, 0.3) is 11.8 Å². The first kappa shape index (κ1) is 19.0. The van der Waals surface area contributed by atoms with Crippen LogP contribution in [0.5, 0.6) is 17.2 Å². The highest BCUT2D eigenvalue weighted by Crippen LogP contribution is 2.25. The van der Waals surface area contributed by atoms with E-state index in [0.717, 1.165) is 5.75 Å². The van der Waals surface area contributed by atoms with E-state index in [1.54, 1.807) is 49.5 Å². The van der Waals surface area contributed by atoms with Gasteiger partial charge in [-0.25, -0.2) is 0 Å². The smallest absolute Gasteiger partial charge is 0.262 e. The van der Waals surface area contributed by atoms with Crippen LogP contribution in [0.3, 0.4) is 0 Å². The monoisotopic (exact) mass is 376 g/mol. The minimum Gasteiger partial charge on any atom is -0.484 e. The Morgan fingerprint density at radius 3 is 2.21 bits per heavy atom. The molecule has 0 saturated carbocycles. The van der Waals surface area contributed by atoms with Crippen LogP contribution in [-0.2, 0) is 4.79 Å². The van der Waals surface area contributed by atoms with Gasteiger partial charge in [-0.1, -0.05) is 24.3 Å². The molecular formula is C22H20N2O4. The van der Waals surface area contributed by atoms with Crippen molar-refractivity contribution in [2.45, 2.75) is 0 Å². The number of anilines is 1. The van der Waals surface area contributed by atoms with Crippen molar-refractivity contribution in [1.82, 2.24) is 5.32 Å². The Balaban J connectivity index is 1.53. The number of carbonyl (C=O) groups is 2. The summed E-state index contributed by atoms with van der Waals surface area (Å²) in [6.07, 6.45) is 0. The van der Waals surface area contributed by atoms with Gasteiger partial charge in [0.05, 0.1) is 0 Å². The summed E-state index contributed by atoms with van der Waals surface area (Å²) < 4.78 is 11.3. The van der Waals surface area contributed by atoms with E-state index < -0.39 is 0 Å². The number of ether oxygens (including phenoxy) is 2. The van der Waals surface area contributed by atoms with E-state index in [2.05, 4.69) is 10.6 Å². The van der Waals surface area contributed by atoms with Gasteiger partial charge in [-0.05, 0) is 48.5 Å². The van der Waals surface area contributed by atoms with E-state index in [1.807, 2.05) is 36.4 Å². The van der Waals surface area contributed by atoms with Crippen LogP contribution in [-0.4, -0.2) is 25.5 Å². The second-order valence-electron chi connectivity index (χ2n) is 5.88. The maximum atomic E-state index is 12.1. The fourth-order valence-electron chi connectivity index (χ4n) is 2.45. The van der Waals surface area contributed by atoms with Crippen molar-refractivity contribution in [2.75, 3.05) is 19.0 Å². The number of benzene rings is 3. The van der Waals surface area contributed by atoms with Crippen molar-refractivity contribution >= 4 is 17.5 Å². The van der Waals surface area contributed by atoms with Gasteiger partial charge in [-0.15, -0.1) is 0 Å². The molecule has 0 aliphatic rings. The SMILES string of the molecule is CNC(=O)c1ccc(NC(=O)COc2cccc(Oc3ccccc3)c2)cc1. The molecule has 0 heterocycles. The molecule has 2 N–H and O–H groups in total. The van der Waals surface area contributed by atoms with Crippen LogP contribution >= 0.6 is 0 Å². The zero-order chi connectivity index (χ0) is 19.8.